The van der Waals surface area contributed by atoms with Crippen molar-refractivity contribution in [1.29, 1.82) is 0 Å². The molecule has 0 spiro atoms. The number of carbonyl (C=O) groups is 2. The number of carbonyl (C=O) groups excluding carboxylic acids is 2. The quantitative estimate of drug-likeness (QED) is 0.896. The van der Waals surface area contributed by atoms with Gasteiger partial charge in [0.05, 0.1) is 6.04 Å². The largest absolute Gasteiger partial charge is 0.351 e. The lowest BCUT2D eigenvalue weighted by Gasteiger charge is -2.17. The summed E-state index contributed by atoms with van der Waals surface area (Å²) < 4.78 is 12.9. The van der Waals surface area contributed by atoms with Crippen LogP contribution in [0.25, 0.3) is 0 Å². The third-order valence-corrected chi connectivity index (χ3v) is 3.56. The summed E-state index contributed by atoms with van der Waals surface area (Å²) in [6.07, 6.45) is 2.22. The molecule has 0 radical (unpaired) electrons. The lowest BCUT2D eigenvalue weighted by atomic mass is 10.2. The van der Waals surface area contributed by atoms with Crippen LogP contribution in [0.5, 0.6) is 0 Å². The van der Waals surface area contributed by atoms with E-state index in [-0.39, 0.29) is 29.6 Å². The first kappa shape index (κ1) is 12.1. The zero-order valence-electron chi connectivity index (χ0n) is 10.4. The maximum absolute atomic E-state index is 12.9. The molecular formula is C14H15FN2O2. The zero-order valence-corrected chi connectivity index (χ0v) is 10.4. The molecule has 1 aromatic carbocycles. The summed E-state index contributed by atoms with van der Waals surface area (Å²) in [5, 5.41) is 2.91. The monoisotopic (exact) mass is 262 g/mol. The topological polar surface area (TPSA) is 49.4 Å². The number of halogens is 1. The fourth-order valence-corrected chi connectivity index (χ4v) is 2.34. The summed E-state index contributed by atoms with van der Waals surface area (Å²) in [5.74, 6) is -0.157. The molecule has 100 valence electrons. The molecule has 1 N–H and O–H groups in total. The highest BCUT2D eigenvalue weighted by atomic mass is 19.1. The van der Waals surface area contributed by atoms with Gasteiger partial charge in [0.1, 0.15) is 5.82 Å². The van der Waals surface area contributed by atoms with Crippen LogP contribution in [-0.4, -0.2) is 24.4 Å². The second kappa shape index (κ2) is 4.64. The van der Waals surface area contributed by atoms with Gasteiger partial charge in [0.25, 0.3) is 0 Å². The Morgan fingerprint density at radius 2 is 1.95 bits per heavy atom. The molecule has 4 nitrogen and oxygen atoms in total. The van der Waals surface area contributed by atoms with Crippen LogP contribution >= 0.6 is 0 Å². The fraction of sp³-hybridized carbons (Fsp3) is 0.429. The number of hydrogen-bond donors (Lipinski definition) is 1. The number of anilines is 1. The normalized spacial score (nSPS) is 22.7. The maximum atomic E-state index is 12.9. The van der Waals surface area contributed by atoms with Gasteiger partial charge >= 0.3 is 0 Å². The van der Waals surface area contributed by atoms with E-state index in [9.17, 15) is 14.0 Å². The summed E-state index contributed by atoms with van der Waals surface area (Å²) in [5.41, 5.74) is 0.676. The van der Waals surface area contributed by atoms with Crippen molar-refractivity contribution in [1.82, 2.24) is 5.32 Å². The van der Waals surface area contributed by atoms with Gasteiger partial charge in [0, 0.05) is 24.6 Å². The van der Waals surface area contributed by atoms with E-state index in [4.69, 9.17) is 0 Å². The first-order valence-corrected chi connectivity index (χ1v) is 6.50. The first-order chi connectivity index (χ1) is 9.13. The van der Waals surface area contributed by atoms with E-state index in [1.807, 2.05) is 0 Å². The van der Waals surface area contributed by atoms with Crippen LogP contribution in [0.2, 0.25) is 0 Å². The van der Waals surface area contributed by atoms with E-state index >= 15 is 0 Å². The highest BCUT2D eigenvalue weighted by molar-refractivity contribution is 5.97. The van der Waals surface area contributed by atoms with Gasteiger partial charge in [-0.25, -0.2) is 4.39 Å². The van der Waals surface area contributed by atoms with Crippen LogP contribution in [0, 0.1) is 11.7 Å². The van der Waals surface area contributed by atoms with Crippen molar-refractivity contribution < 1.29 is 14.0 Å². The molecule has 1 saturated heterocycles. The second-order valence-corrected chi connectivity index (χ2v) is 5.16. The predicted octanol–water partition coefficient (Wildman–Crippen LogP) is 1.46. The molecule has 0 bridgehead atoms. The minimum absolute atomic E-state index is 0.0345. The van der Waals surface area contributed by atoms with Crippen molar-refractivity contribution in [3.8, 4) is 0 Å². The predicted molar refractivity (Wildman–Crippen MR) is 68.0 cm³/mol. The molecule has 1 aliphatic heterocycles. The molecular weight excluding hydrogens is 247 g/mol. The van der Waals surface area contributed by atoms with Crippen LogP contribution in [0.3, 0.4) is 0 Å². The van der Waals surface area contributed by atoms with E-state index in [0.29, 0.717) is 18.7 Å². The average Bonchev–Trinajstić information content (AvgIpc) is 3.16. The molecule has 3 rings (SSSR count). The molecule has 2 aliphatic rings. The highest BCUT2D eigenvalue weighted by Crippen LogP contribution is 2.29. The van der Waals surface area contributed by atoms with Crippen molar-refractivity contribution >= 4 is 17.5 Å². The maximum Gasteiger partial charge on any atom is 0.229 e. The molecule has 0 aromatic heterocycles. The number of hydrogen-bond acceptors (Lipinski definition) is 2. The standard InChI is InChI=1S/C14H15FN2O2/c15-10-3-5-12(6-4-10)17-8-11(7-13(17)18)16-14(19)9-1-2-9/h3-6,9,11H,1-2,7-8H2,(H,16,19)/t11-/m1/s1. The zero-order chi connectivity index (χ0) is 13.4. The Hall–Kier alpha value is -1.91. The van der Waals surface area contributed by atoms with E-state index < -0.39 is 0 Å². The Morgan fingerprint density at radius 1 is 1.26 bits per heavy atom. The molecule has 5 heteroatoms. The SMILES string of the molecule is O=C(N[C@@H]1CC(=O)N(c2ccc(F)cc2)C1)C1CC1. The van der Waals surface area contributed by atoms with Gasteiger partial charge in [0.15, 0.2) is 0 Å². The third-order valence-electron chi connectivity index (χ3n) is 3.56. The first-order valence-electron chi connectivity index (χ1n) is 6.50. The minimum atomic E-state index is -0.325. The fourth-order valence-electron chi connectivity index (χ4n) is 2.34. The van der Waals surface area contributed by atoms with Crippen LogP contribution in [0.15, 0.2) is 24.3 Å². The second-order valence-electron chi connectivity index (χ2n) is 5.16. The van der Waals surface area contributed by atoms with Crippen molar-refractivity contribution in [2.45, 2.75) is 25.3 Å². The Balaban J connectivity index is 1.65. The summed E-state index contributed by atoms with van der Waals surface area (Å²) >= 11 is 0. The van der Waals surface area contributed by atoms with Crippen molar-refractivity contribution in [3.63, 3.8) is 0 Å². The summed E-state index contributed by atoms with van der Waals surface area (Å²) in [7, 11) is 0. The Kier molecular flexibility index (Phi) is 2.97. The number of rotatable bonds is 3. The lowest BCUT2D eigenvalue weighted by Crippen LogP contribution is -2.37. The van der Waals surface area contributed by atoms with E-state index in [2.05, 4.69) is 5.32 Å². The van der Waals surface area contributed by atoms with Crippen LogP contribution < -0.4 is 10.2 Å². The summed E-state index contributed by atoms with van der Waals surface area (Å²) in [6, 6.07) is 5.69. The highest BCUT2D eigenvalue weighted by Gasteiger charge is 2.35. The number of nitrogens with one attached hydrogen (secondary N) is 1. The minimum Gasteiger partial charge on any atom is -0.351 e. The number of benzene rings is 1. The molecule has 1 atom stereocenters. The molecule has 1 aliphatic carbocycles. The third kappa shape index (κ3) is 2.59. The van der Waals surface area contributed by atoms with Crippen LogP contribution in [-0.2, 0) is 9.59 Å². The van der Waals surface area contributed by atoms with Crippen LogP contribution in [0.1, 0.15) is 19.3 Å². The Morgan fingerprint density at radius 3 is 2.58 bits per heavy atom. The van der Waals surface area contributed by atoms with Gasteiger partial charge < -0.3 is 10.2 Å². The molecule has 2 amide bonds. The molecule has 19 heavy (non-hydrogen) atoms. The van der Waals surface area contributed by atoms with Crippen molar-refractivity contribution in [2.24, 2.45) is 5.92 Å². The molecule has 0 unspecified atom stereocenters. The lowest BCUT2D eigenvalue weighted by molar-refractivity contribution is -0.122. The molecule has 2 fully saturated rings. The van der Waals surface area contributed by atoms with Gasteiger partial charge in [-0.1, -0.05) is 0 Å². The number of nitrogens with zero attached hydrogens (tertiary/aromatic N) is 1. The molecule has 1 heterocycles. The van der Waals surface area contributed by atoms with Crippen molar-refractivity contribution in [2.75, 3.05) is 11.4 Å². The van der Waals surface area contributed by atoms with E-state index in [1.165, 1.54) is 12.1 Å². The van der Waals surface area contributed by atoms with E-state index in [0.717, 1.165) is 12.8 Å². The van der Waals surface area contributed by atoms with Gasteiger partial charge in [-0.05, 0) is 37.1 Å². The van der Waals surface area contributed by atoms with Gasteiger partial charge in [-0.3, -0.25) is 9.59 Å². The van der Waals surface area contributed by atoms with Gasteiger partial charge in [-0.15, -0.1) is 0 Å². The molecule has 1 saturated carbocycles. The van der Waals surface area contributed by atoms with Crippen LogP contribution in [0.4, 0.5) is 10.1 Å². The average molecular weight is 262 g/mol. The Labute approximate surface area is 110 Å². The summed E-state index contributed by atoms with van der Waals surface area (Å²) in [4.78, 5) is 25.2. The number of amides is 2. The van der Waals surface area contributed by atoms with Gasteiger partial charge in [0.2, 0.25) is 11.8 Å². The van der Waals surface area contributed by atoms with E-state index in [1.54, 1.807) is 17.0 Å². The molecule has 1 aromatic rings. The Bertz CT molecular complexity index is 511. The van der Waals surface area contributed by atoms with Gasteiger partial charge in [-0.2, -0.15) is 0 Å². The van der Waals surface area contributed by atoms with Crippen molar-refractivity contribution in [3.05, 3.63) is 30.1 Å². The summed E-state index contributed by atoms with van der Waals surface area (Å²) in [6.45, 7) is 0.461. The smallest absolute Gasteiger partial charge is 0.229 e.